The van der Waals surface area contributed by atoms with Crippen molar-refractivity contribution in [2.45, 2.75) is 25.8 Å². The maximum Gasteiger partial charge on any atom is 0.254 e. The topological polar surface area (TPSA) is 20.3 Å². The lowest BCUT2D eigenvalue weighted by molar-refractivity contribution is 0.0754. The molecule has 4 heteroatoms. The molecule has 92 valence electrons. The van der Waals surface area contributed by atoms with E-state index in [0.29, 0.717) is 6.04 Å². The molecule has 0 aromatic heterocycles. The molecule has 0 atom stereocenters. The van der Waals surface area contributed by atoms with Crippen molar-refractivity contribution in [3.63, 3.8) is 0 Å². The number of hydrogen-bond donors (Lipinski definition) is 0. The third kappa shape index (κ3) is 3.32. The number of hydrogen-bond acceptors (Lipinski definition) is 1. The highest BCUT2D eigenvalue weighted by atomic mass is 79.9. The summed E-state index contributed by atoms with van der Waals surface area (Å²) in [5.74, 6) is 0.149. The maximum absolute atomic E-state index is 12.4. The normalized spacial score (nSPS) is 14.8. The molecule has 1 aliphatic rings. The number of benzene rings is 1. The van der Waals surface area contributed by atoms with Gasteiger partial charge < -0.3 is 4.90 Å². The Morgan fingerprint density at radius 1 is 1.41 bits per heavy atom. The number of amides is 1. The lowest BCUT2D eigenvalue weighted by Gasteiger charge is -2.21. The van der Waals surface area contributed by atoms with Gasteiger partial charge in [-0.25, -0.2) is 0 Å². The van der Waals surface area contributed by atoms with E-state index in [4.69, 9.17) is 0 Å². The van der Waals surface area contributed by atoms with Crippen molar-refractivity contribution < 1.29 is 4.79 Å². The van der Waals surface area contributed by atoms with Gasteiger partial charge in [0.25, 0.3) is 5.91 Å². The minimum atomic E-state index is 0.149. The molecule has 1 fully saturated rings. The first-order valence-corrected chi connectivity index (χ1v) is 7.67. The number of rotatable bonds is 4. The maximum atomic E-state index is 12.4. The van der Waals surface area contributed by atoms with Crippen LogP contribution in [0.1, 0.15) is 28.8 Å². The van der Waals surface area contributed by atoms with Crippen LogP contribution in [0.2, 0.25) is 0 Å². The van der Waals surface area contributed by atoms with Crippen LogP contribution in [-0.4, -0.2) is 28.7 Å². The van der Waals surface area contributed by atoms with Gasteiger partial charge in [0.15, 0.2) is 0 Å². The molecule has 0 saturated heterocycles. The number of alkyl halides is 1. The van der Waals surface area contributed by atoms with Crippen LogP contribution in [0.15, 0.2) is 22.7 Å². The van der Waals surface area contributed by atoms with Gasteiger partial charge in [0.2, 0.25) is 0 Å². The fourth-order valence-corrected chi connectivity index (χ4v) is 2.94. The zero-order chi connectivity index (χ0) is 12.4. The van der Waals surface area contributed by atoms with Crippen molar-refractivity contribution in [1.29, 1.82) is 0 Å². The van der Waals surface area contributed by atoms with Gasteiger partial charge in [-0.05, 0) is 43.5 Å². The second-order valence-corrected chi connectivity index (χ2v) is 6.14. The molecule has 0 N–H and O–H groups in total. The van der Waals surface area contributed by atoms with Crippen LogP contribution in [0.5, 0.6) is 0 Å². The largest absolute Gasteiger partial charge is 0.335 e. The second kappa shape index (κ2) is 5.53. The van der Waals surface area contributed by atoms with Gasteiger partial charge in [-0.3, -0.25) is 4.79 Å². The van der Waals surface area contributed by atoms with Gasteiger partial charge in [-0.1, -0.05) is 31.9 Å². The Morgan fingerprint density at radius 3 is 2.65 bits per heavy atom. The molecule has 2 nitrogen and oxygen atoms in total. The Kier molecular flexibility index (Phi) is 4.26. The van der Waals surface area contributed by atoms with Gasteiger partial charge >= 0.3 is 0 Å². The molecule has 0 aliphatic heterocycles. The van der Waals surface area contributed by atoms with Crippen molar-refractivity contribution >= 4 is 37.8 Å². The van der Waals surface area contributed by atoms with Crippen LogP contribution in [0.25, 0.3) is 0 Å². The smallest absolute Gasteiger partial charge is 0.254 e. The van der Waals surface area contributed by atoms with Crippen molar-refractivity contribution in [2.75, 3.05) is 11.9 Å². The third-order valence-corrected chi connectivity index (χ3v) is 3.68. The van der Waals surface area contributed by atoms with E-state index < -0.39 is 0 Å². The Morgan fingerprint density at radius 2 is 2.12 bits per heavy atom. The SMILES string of the molecule is Cc1cc(Br)cc(C(=O)N(CCBr)C2CC2)c1. The number of nitrogens with zero attached hydrogens (tertiary/aromatic N) is 1. The van der Waals surface area contributed by atoms with Gasteiger partial charge in [-0.2, -0.15) is 0 Å². The van der Waals surface area contributed by atoms with E-state index in [-0.39, 0.29) is 5.91 Å². The summed E-state index contributed by atoms with van der Waals surface area (Å²) in [6.45, 7) is 2.79. The van der Waals surface area contributed by atoms with Crippen LogP contribution in [0.4, 0.5) is 0 Å². The quantitative estimate of drug-likeness (QED) is 0.748. The Hall–Kier alpha value is -0.350. The Balaban J connectivity index is 2.21. The molecular weight excluding hydrogens is 346 g/mol. The summed E-state index contributed by atoms with van der Waals surface area (Å²) in [7, 11) is 0. The summed E-state index contributed by atoms with van der Waals surface area (Å²) in [5, 5.41) is 0.836. The molecule has 1 aliphatic carbocycles. The first-order valence-electron chi connectivity index (χ1n) is 5.76. The zero-order valence-electron chi connectivity index (χ0n) is 9.75. The molecule has 0 bridgehead atoms. The predicted octanol–water partition coefficient (Wildman–Crippen LogP) is 3.76. The van der Waals surface area contributed by atoms with E-state index in [2.05, 4.69) is 31.9 Å². The molecule has 1 aromatic rings. The minimum Gasteiger partial charge on any atom is -0.335 e. The lowest BCUT2D eigenvalue weighted by atomic mass is 10.1. The average Bonchev–Trinajstić information content (AvgIpc) is 3.07. The molecule has 1 amide bonds. The van der Waals surface area contributed by atoms with Gasteiger partial charge in [-0.15, -0.1) is 0 Å². The number of aryl methyl sites for hydroxylation is 1. The summed E-state index contributed by atoms with van der Waals surface area (Å²) in [4.78, 5) is 14.4. The fraction of sp³-hybridized carbons (Fsp3) is 0.462. The van der Waals surface area contributed by atoms with Crippen molar-refractivity contribution in [3.05, 3.63) is 33.8 Å². The molecule has 0 heterocycles. The van der Waals surface area contributed by atoms with E-state index in [1.165, 1.54) is 0 Å². The fourth-order valence-electron chi connectivity index (χ4n) is 1.95. The first-order chi connectivity index (χ1) is 8.11. The molecule has 0 spiro atoms. The highest BCUT2D eigenvalue weighted by molar-refractivity contribution is 9.10. The van der Waals surface area contributed by atoms with Crippen molar-refractivity contribution in [2.24, 2.45) is 0 Å². The monoisotopic (exact) mass is 359 g/mol. The van der Waals surface area contributed by atoms with Gasteiger partial charge in [0.05, 0.1) is 0 Å². The minimum absolute atomic E-state index is 0.149. The first kappa shape index (κ1) is 13.1. The van der Waals surface area contributed by atoms with Crippen LogP contribution < -0.4 is 0 Å². The summed E-state index contributed by atoms with van der Waals surface area (Å²) < 4.78 is 0.968. The van der Waals surface area contributed by atoms with Crippen LogP contribution in [0.3, 0.4) is 0 Å². The molecule has 0 radical (unpaired) electrons. The molecule has 1 saturated carbocycles. The number of carbonyl (C=O) groups is 1. The molecule has 1 aromatic carbocycles. The molecule has 17 heavy (non-hydrogen) atoms. The highest BCUT2D eigenvalue weighted by Gasteiger charge is 2.32. The summed E-state index contributed by atoms with van der Waals surface area (Å²) >= 11 is 6.85. The Bertz CT molecular complexity index is 409. The Labute approximate surface area is 119 Å². The standard InChI is InChI=1S/C13H15Br2NO/c1-9-6-10(8-11(15)7-9)13(17)16(5-4-14)12-2-3-12/h6-8,12H,2-5H2,1H3. The molecule has 0 unspecified atom stereocenters. The van der Waals surface area contributed by atoms with E-state index in [0.717, 1.165) is 40.3 Å². The second-order valence-electron chi connectivity index (χ2n) is 4.44. The number of carbonyl (C=O) groups excluding carboxylic acids is 1. The van der Waals surface area contributed by atoms with E-state index >= 15 is 0 Å². The summed E-state index contributed by atoms with van der Waals surface area (Å²) in [6.07, 6.45) is 2.29. The highest BCUT2D eigenvalue weighted by Crippen LogP contribution is 2.29. The van der Waals surface area contributed by atoms with Crippen molar-refractivity contribution in [1.82, 2.24) is 4.90 Å². The molecule has 2 rings (SSSR count). The lowest BCUT2D eigenvalue weighted by Crippen LogP contribution is -2.34. The predicted molar refractivity (Wildman–Crippen MR) is 76.7 cm³/mol. The summed E-state index contributed by atoms with van der Waals surface area (Å²) in [5.41, 5.74) is 1.89. The van der Waals surface area contributed by atoms with Crippen LogP contribution in [0, 0.1) is 6.92 Å². The van der Waals surface area contributed by atoms with Crippen LogP contribution >= 0.6 is 31.9 Å². The van der Waals surface area contributed by atoms with E-state index in [9.17, 15) is 4.79 Å². The summed E-state index contributed by atoms with van der Waals surface area (Å²) in [6, 6.07) is 6.33. The van der Waals surface area contributed by atoms with Crippen molar-refractivity contribution in [3.8, 4) is 0 Å². The average molecular weight is 361 g/mol. The number of halogens is 2. The zero-order valence-corrected chi connectivity index (χ0v) is 12.9. The van der Waals surface area contributed by atoms with Gasteiger partial charge in [0.1, 0.15) is 0 Å². The van der Waals surface area contributed by atoms with Gasteiger partial charge in [0, 0.05) is 28.0 Å². The van der Waals surface area contributed by atoms with Crippen LogP contribution in [-0.2, 0) is 0 Å². The van der Waals surface area contributed by atoms with E-state index in [1.54, 1.807) is 0 Å². The molecular formula is C13H15Br2NO. The third-order valence-electron chi connectivity index (χ3n) is 2.86. The van der Waals surface area contributed by atoms with E-state index in [1.807, 2.05) is 30.0 Å².